The molecule has 0 aliphatic carbocycles. The standard InChI is InChI=1S/C21H20N6O3/c1-13-23-17-6-4-3-5-16(17)21(29)27(13)12-19(28)22-11-18-24-20(26-25-18)14-7-9-15(30-2)10-8-14/h3-10H,11-12H2,1-2H3,(H,22,28)(H,24,25,26). The van der Waals surface area contributed by atoms with Crippen molar-refractivity contribution in [3.05, 3.63) is 70.5 Å². The van der Waals surface area contributed by atoms with E-state index < -0.39 is 0 Å². The molecule has 30 heavy (non-hydrogen) atoms. The summed E-state index contributed by atoms with van der Waals surface area (Å²) in [7, 11) is 1.60. The summed E-state index contributed by atoms with van der Waals surface area (Å²) in [5.74, 6) is 1.94. The summed E-state index contributed by atoms with van der Waals surface area (Å²) >= 11 is 0. The number of hydrogen-bond donors (Lipinski definition) is 2. The van der Waals surface area contributed by atoms with Gasteiger partial charge in [-0.1, -0.05) is 12.1 Å². The van der Waals surface area contributed by atoms with Crippen LogP contribution < -0.4 is 15.6 Å². The molecule has 152 valence electrons. The van der Waals surface area contributed by atoms with E-state index in [1.54, 1.807) is 32.2 Å². The number of carbonyl (C=O) groups is 1. The molecule has 2 N–H and O–H groups in total. The molecule has 0 saturated carbocycles. The summed E-state index contributed by atoms with van der Waals surface area (Å²) in [5.41, 5.74) is 1.20. The predicted molar refractivity (Wildman–Crippen MR) is 111 cm³/mol. The maximum absolute atomic E-state index is 12.7. The molecule has 0 aliphatic heterocycles. The third-order valence-corrected chi connectivity index (χ3v) is 4.69. The number of fused-ring (bicyclic) bond motifs is 1. The number of benzene rings is 2. The molecule has 0 radical (unpaired) electrons. The molecule has 2 heterocycles. The zero-order chi connectivity index (χ0) is 21.1. The summed E-state index contributed by atoms with van der Waals surface area (Å²) < 4.78 is 6.50. The fraction of sp³-hybridized carbons (Fsp3) is 0.190. The molecule has 0 atom stereocenters. The molecular weight excluding hydrogens is 384 g/mol. The average molecular weight is 404 g/mol. The molecule has 2 aromatic carbocycles. The first-order valence-electron chi connectivity index (χ1n) is 9.34. The first-order chi connectivity index (χ1) is 14.5. The second-order valence-electron chi connectivity index (χ2n) is 6.68. The van der Waals surface area contributed by atoms with Crippen LogP contribution in [0.3, 0.4) is 0 Å². The number of aryl methyl sites for hydroxylation is 1. The van der Waals surface area contributed by atoms with Crippen LogP contribution in [0.2, 0.25) is 0 Å². The third kappa shape index (κ3) is 3.90. The summed E-state index contributed by atoms with van der Waals surface area (Å²) in [4.78, 5) is 33.9. The van der Waals surface area contributed by atoms with E-state index >= 15 is 0 Å². The van der Waals surface area contributed by atoms with Crippen molar-refractivity contribution in [2.24, 2.45) is 0 Å². The van der Waals surface area contributed by atoms with Gasteiger partial charge in [0.2, 0.25) is 5.91 Å². The molecule has 0 aliphatic rings. The Kier molecular flexibility index (Phi) is 5.25. The zero-order valence-corrected chi connectivity index (χ0v) is 16.5. The number of nitrogens with zero attached hydrogens (tertiary/aromatic N) is 4. The minimum absolute atomic E-state index is 0.123. The molecule has 9 heteroatoms. The van der Waals surface area contributed by atoms with E-state index in [9.17, 15) is 9.59 Å². The van der Waals surface area contributed by atoms with Gasteiger partial charge < -0.3 is 10.1 Å². The van der Waals surface area contributed by atoms with Crippen molar-refractivity contribution in [2.75, 3.05) is 7.11 Å². The van der Waals surface area contributed by atoms with Crippen molar-refractivity contribution in [1.29, 1.82) is 0 Å². The monoisotopic (exact) mass is 404 g/mol. The topological polar surface area (TPSA) is 115 Å². The van der Waals surface area contributed by atoms with Crippen molar-refractivity contribution in [3.8, 4) is 17.1 Å². The van der Waals surface area contributed by atoms with Crippen LogP contribution in [0.5, 0.6) is 5.75 Å². The van der Waals surface area contributed by atoms with Crippen molar-refractivity contribution < 1.29 is 9.53 Å². The Balaban J connectivity index is 1.43. The number of aromatic nitrogens is 5. The predicted octanol–water partition coefficient (Wildman–Crippen LogP) is 1.82. The highest BCUT2D eigenvalue weighted by molar-refractivity contribution is 5.79. The summed E-state index contributed by atoms with van der Waals surface area (Å²) in [6.07, 6.45) is 0. The van der Waals surface area contributed by atoms with Gasteiger partial charge in [-0.05, 0) is 43.3 Å². The van der Waals surface area contributed by atoms with E-state index in [1.165, 1.54) is 4.57 Å². The smallest absolute Gasteiger partial charge is 0.261 e. The molecule has 1 amide bonds. The number of H-pyrrole nitrogens is 1. The highest BCUT2D eigenvalue weighted by Gasteiger charge is 2.12. The Bertz CT molecular complexity index is 1260. The second-order valence-corrected chi connectivity index (χ2v) is 6.68. The van der Waals surface area contributed by atoms with Crippen molar-refractivity contribution in [3.63, 3.8) is 0 Å². The van der Waals surface area contributed by atoms with Gasteiger partial charge in [0, 0.05) is 5.56 Å². The van der Waals surface area contributed by atoms with E-state index in [0.717, 1.165) is 11.3 Å². The lowest BCUT2D eigenvalue weighted by Gasteiger charge is -2.10. The van der Waals surface area contributed by atoms with E-state index in [4.69, 9.17) is 4.74 Å². The molecule has 4 rings (SSSR count). The molecule has 0 unspecified atom stereocenters. The van der Waals surface area contributed by atoms with Crippen LogP contribution >= 0.6 is 0 Å². The van der Waals surface area contributed by atoms with Gasteiger partial charge in [-0.2, -0.15) is 5.10 Å². The highest BCUT2D eigenvalue weighted by atomic mass is 16.5. The molecular formula is C21H20N6O3. The zero-order valence-electron chi connectivity index (χ0n) is 16.5. The number of aromatic amines is 1. The fourth-order valence-corrected chi connectivity index (χ4v) is 3.09. The molecule has 0 bridgehead atoms. The van der Waals surface area contributed by atoms with Crippen molar-refractivity contribution in [2.45, 2.75) is 20.0 Å². The number of para-hydroxylation sites is 1. The summed E-state index contributed by atoms with van der Waals surface area (Å²) in [6.45, 7) is 1.75. The number of hydrogen-bond acceptors (Lipinski definition) is 6. The second kappa shape index (κ2) is 8.16. The van der Waals surface area contributed by atoms with Crippen LogP contribution in [0.4, 0.5) is 0 Å². The van der Waals surface area contributed by atoms with Gasteiger partial charge in [0.05, 0.1) is 24.6 Å². The van der Waals surface area contributed by atoms with Crippen LogP contribution in [0.1, 0.15) is 11.6 Å². The van der Waals surface area contributed by atoms with Gasteiger partial charge in [-0.15, -0.1) is 0 Å². The number of methoxy groups -OCH3 is 1. The van der Waals surface area contributed by atoms with Crippen molar-refractivity contribution in [1.82, 2.24) is 30.0 Å². The quantitative estimate of drug-likeness (QED) is 0.507. The largest absolute Gasteiger partial charge is 0.497 e. The number of carbonyl (C=O) groups excluding carboxylic acids is 1. The number of ether oxygens (including phenoxy) is 1. The Morgan fingerprint density at radius 2 is 1.90 bits per heavy atom. The van der Waals surface area contributed by atoms with Crippen LogP contribution in [-0.2, 0) is 17.9 Å². The van der Waals surface area contributed by atoms with E-state index in [2.05, 4.69) is 25.5 Å². The third-order valence-electron chi connectivity index (χ3n) is 4.69. The Morgan fingerprint density at radius 3 is 2.67 bits per heavy atom. The van der Waals surface area contributed by atoms with E-state index in [0.29, 0.717) is 28.4 Å². The van der Waals surface area contributed by atoms with Crippen LogP contribution in [0, 0.1) is 6.92 Å². The Hall–Kier alpha value is -4.01. The first kappa shape index (κ1) is 19.3. The molecule has 2 aromatic heterocycles. The van der Waals surface area contributed by atoms with Crippen LogP contribution in [-0.4, -0.2) is 37.7 Å². The number of nitrogens with one attached hydrogen (secondary N) is 2. The van der Waals surface area contributed by atoms with Gasteiger partial charge in [0.15, 0.2) is 5.82 Å². The Labute approximate surface area is 171 Å². The SMILES string of the molecule is COc1ccc(-c2n[nH]c(CNC(=O)Cn3c(C)nc4ccccc4c3=O)n2)cc1. The highest BCUT2D eigenvalue weighted by Crippen LogP contribution is 2.18. The maximum Gasteiger partial charge on any atom is 0.261 e. The maximum atomic E-state index is 12.7. The lowest BCUT2D eigenvalue weighted by molar-refractivity contribution is -0.121. The average Bonchev–Trinajstić information content (AvgIpc) is 3.24. The van der Waals surface area contributed by atoms with Gasteiger partial charge in [-0.3, -0.25) is 19.3 Å². The normalized spacial score (nSPS) is 10.9. The number of rotatable bonds is 6. The molecule has 0 saturated heterocycles. The van der Waals surface area contributed by atoms with E-state index in [1.807, 2.05) is 30.3 Å². The van der Waals surface area contributed by atoms with Gasteiger partial charge >= 0.3 is 0 Å². The first-order valence-corrected chi connectivity index (χ1v) is 9.34. The minimum atomic E-state index is -0.320. The van der Waals surface area contributed by atoms with E-state index in [-0.39, 0.29) is 24.6 Å². The fourth-order valence-electron chi connectivity index (χ4n) is 3.09. The summed E-state index contributed by atoms with van der Waals surface area (Å²) in [5, 5.41) is 10.2. The summed E-state index contributed by atoms with van der Waals surface area (Å²) in [6, 6.07) is 14.4. The van der Waals surface area contributed by atoms with Crippen molar-refractivity contribution >= 4 is 16.8 Å². The molecule has 0 spiro atoms. The van der Waals surface area contributed by atoms with Gasteiger partial charge in [-0.25, -0.2) is 9.97 Å². The minimum Gasteiger partial charge on any atom is -0.497 e. The lowest BCUT2D eigenvalue weighted by atomic mass is 10.2. The molecule has 9 nitrogen and oxygen atoms in total. The number of amides is 1. The molecule has 0 fully saturated rings. The van der Waals surface area contributed by atoms with Crippen LogP contribution in [0.15, 0.2) is 53.3 Å². The Morgan fingerprint density at radius 1 is 1.13 bits per heavy atom. The lowest BCUT2D eigenvalue weighted by Crippen LogP contribution is -2.33. The van der Waals surface area contributed by atoms with Crippen LogP contribution in [0.25, 0.3) is 22.3 Å². The van der Waals surface area contributed by atoms with Gasteiger partial charge in [0.25, 0.3) is 5.56 Å². The molecule has 4 aromatic rings. The van der Waals surface area contributed by atoms with Gasteiger partial charge in [0.1, 0.15) is 23.9 Å².